The van der Waals surface area contributed by atoms with Crippen molar-refractivity contribution in [3.63, 3.8) is 0 Å². The average molecular weight is 286 g/mol. The Kier molecular flexibility index (Phi) is 5.15. The summed E-state index contributed by atoms with van der Waals surface area (Å²) in [6, 6.07) is 13.0. The van der Waals surface area contributed by atoms with E-state index in [-0.39, 0.29) is 17.6 Å². The lowest BCUT2D eigenvalue weighted by molar-refractivity contribution is -0.129. The molecule has 2 aromatic rings. The van der Waals surface area contributed by atoms with E-state index in [0.717, 1.165) is 5.56 Å². The molecule has 1 aromatic heterocycles. The minimum Gasteiger partial charge on any atom is -0.459 e. The zero-order chi connectivity index (χ0) is 15.1. The molecule has 0 bridgehead atoms. The SMILES string of the molecule is CC(=O)N(CCNC(=O)c1ccco1)Cc1ccccc1. The fourth-order valence-corrected chi connectivity index (χ4v) is 1.95. The Labute approximate surface area is 123 Å². The highest BCUT2D eigenvalue weighted by Gasteiger charge is 2.11. The second kappa shape index (κ2) is 7.28. The molecule has 21 heavy (non-hydrogen) atoms. The molecule has 0 aliphatic rings. The van der Waals surface area contributed by atoms with Gasteiger partial charge in [-0.05, 0) is 17.7 Å². The minimum atomic E-state index is -0.275. The molecule has 2 rings (SSSR count). The topological polar surface area (TPSA) is 62.6 Å². The Bertz CT molecular complexity index is 579. The van der Waals surface area contributed by atoms with Gasteiger partial charge in [0.2, 0.25) is 5.91 Å². The van der Waals surface area contributed by atoms with Gasteiger partial charge in [-0.2, -0.15) is 0 Å². The zero-order valence-electron chi connectivity index (χ0n) is 11.9. The van der Waals surface area contributed by atoms with Crippen molar-refractivity contribution < 1.29 is 14.0 Å². The normalized spacial score (nSPS) is 10.1. The summed E-state index contributed by atoms with van der Waals surface area (Å²) in [7, 11) is 0. The molecule has 0 fully saturated rings. The number of hydrogen-bond acceptors (Lipinski definition) is 3. The van der Waals surface area contributed by atoms with E-state index in [2.05, 4.69) is 5.32 Å². The lowest BCUT2D eigenvalue weighted by atomic mass is 10.2. The molecular weight excluding hydrogens is 268 g/mol. The van der Waals surface area contributed by atoms with Crippen LogP contribution in [0.5, 0.6) is 0 Å². The van der Waals surface area contributed by atoms with Gasteiger partial charge < -0.3 is 14.6 Å². The first kappa shape index (κ1) is 14.8. The predicted octanol–water partition coefficient (Wildman–Crippen LogP) is 2.06. The molecule has 5 nitrogen and oxygen atoms in total. The molecule has 110 valence electrons. The van der Waals surface area contributed by atoms with Crippen LogP contribution in [-0.2, 0) is 11.3 Å². The summed E-state index contributed by atoms with van der Waals surface area (Å²) < 4.78 is 5.00. The van der Waals surface area contributed by atoms with Crippen LogP contribution in [0.1, 0.15) is 23.0 Å². The van der Waals surface area contributed by atoms with E-state index in [1.54, 1.807) is 17.0 Å². The van der Waals surface area contributed by atoms with Gasteiger partial charge in [-0.1, -0.05) is 30.3 Å². The van der Waals surface area contributed by atoms with Crippen molar-refractivity contribution >= 4 is 11.8 Å². The molecule has 1 N–H and O–H groups in total. The summed E-state index contributed by atoms with van der Waals surface area (Å²) in [4.78, 5) is 25.0. The lowest BCUT2D eigenvalue weighted by Gasteiger charge is -2.21. The predicted molar refractivity (Wildman–Crippen MR) is 78.6 cm³/mol. The fourth-order valence-electron chi connectivity index (χ4n) is 1.95. The summed E-state index contributed by atoms with van der Waals surface area (Å²) in [5, 5.41) is 2.73. The minimum absolute atomic E-state index is 0.0221. The van der Waals surface area contributed by atoms with Crippen molar-refractivity contribution in [2.24, 2.45) is 0 Å². The van der Waals surface area contributed by atoms with Gasteiger partial charge in [0.1, 0.15) is 0 Å². The Balaban J connectivity index is 1.83. The third-order valence-corrected chi connectivity index (χ3v) is 3.07. The number of nitrogens with zero attached hydrogens (tertiary/aromatic N) is 1. The molecule has 5 heteroatoms. The summed E-state index contributed by atoms with van der Waals surface area (Å²) in [6.45, 7) is 2.90. The second-order valence-electron chi connectivity index (χ2n) is 4.66. The summed E-state index contributed by atoms with van der Waals surface area (Å²) in [5.41, 5.74) is 1.06. The lowest BCUT2D eigenvalue weighted by Crippen LogP contribution is -2.37. The van der Waals surface area contributed by atoms with Gasteiger partial charge in [-0.25, -0.2) is 0 Å². The van der Waals surface area contributed by atoms with E-state index in [9.17, 15) is 9.59 Å². The molecular formula is C16H18N2O3. The highest BCUT2D eigenvalue weighted by molar-refractivity contribution is 5.91. The maximum Gasteiger partial charge on any atom is 0.287 e. The van der Waals surface area contributed by atoms with E-state index < -0.39 is 0 Å². The maximum atomic E-state index is 11.7. The first-order chi connectivity index (χ1) is 10.2. The highest BCUT2D eigenvalue weighted by atomic mass is 16.3. The van der Waals surface area contributed by atoms with E-state index in [0.29, 0.717) is 19.6 Å². The number of nitrogens with one attached hydrogen (secondary N) is 1. The van der Waals surface area contributed by atoms with Crippen LogP contribution >= 0.6 is 0 Å². The number of carbonyl (C=O) groups is 2. The first-order valence-corrected chi connectivity index (χ1v) is 6.78. The number of furan rings is 1. The van der Waals surface area contributed by atoms with Crippen molar-refractivity contribution in [3.8, 4) is 0 Å². The van der Waals surface area contributed by atoms with Gasteiger partial charge in [0, 0.05) is 26.6 Å². The Hall–Kier alpha value is -2.56. The van der Waals surface area contributed by atoms with Gasteiger partial charge in [-0.15, -0.1) is 0 Å². The largest absolute Gasteiger partial charge is 0.459 e. The Morgan fingerprint density at radius 1 is 1.14 bits per heavy atom. The summed E-state index contributed by atoms with van der Waals surface area (Å²) in [5.74, 6) is -0.0262. The third-order valence-electron chi connectivity index (χ3n) is 3.07. The number of hydrogen-bond donors (Lipinski definition) is 1. The molecule has 1 aromatic carbocycles. The smallest absolute Gasteiger partial charge is 0.287 e. The number of rotatable bonds is 6. The van der Waals surface area contributed by atoms with E-state index in [4.69, 9.17) is 4.42 Å². The summed E-state index contributed by atoms with van der Waals surface area (Å²) >= 11 is 0. The molecule has 0 aliphatic heterocycles. The summed E-state index contributed by atoms with van der Waals surface area (Å²) in [6.07, 6.45) is 1.45. The number of carbonyl (C=O) groups excluding carboxylic acids is 2. The second-order valence-corrected chi connectivity index (χ2v) is 4.66. The molecule has 0 unspecified atom stereocenters. The monoisotopic (exact) mass is 286 g/mol. The molecule has 2 amide bonds. The van der Waals surface area contributed by atoms with Crippen molar-refractivity contribution in [1.82, 2.24) is 10.2 Å². The van der Waals surface area contributed by atoms with Crippen LogP contribution in [0.25, 0.3) is 0 Å². The van der Waals surface area contributed by atoms with Crippen molar-refractivity contribution in [2.45, 2.75) is 13.5 Å². The van der Waals surface area contributed by atoms with E-state index in [1.165, 1.54) is 13.2 Å². The van der Waals surface area contributed by atoms with Crippen LogP contribution in [0.15, 0.2) is 53.1 Å². The van der Waals surface area contributed by atoms with Crippen LogP contribution in [0.4, 0.5) is 0 Å². The maximum absolute atomic E-state index is 11.7. The number of amides is 2. The zero-order valence-corrected chi connectivity index (χ0v) is 11.9. The molecule has 0 atom stereocenters. The molecule has 0 saturated heterocycles. The van der Waals surface area contributed by atoms with Gasteiger partial charge >= 0.3 is 0 Å². The van der Waals surface area contributed by atoms with E-state index >= 15 is 0 Å². The van der Waals surface area contributed by atoms with Crippen molar-refractivity contribution in [2.75, 3.05) is 13.1 Å². The van der Waals surface area contributed by atoms with Crippen molar-refractivity contribution in [3.05, 3.63) is 60.1 Å². The average Bonchev–Trinajstić information content (AvgIpc) is 3.01. The highest BCUT2D eigenvalue weighted by Crippen LogP contribution is 2.04. The van der Waals surface area contributed by atoms with Crippen LogP contribution in [0.2, 0.25) is 0 Å². The Morgan fingerprint density at radius 3 is 2.52 bits per heavy atom. The van der Waals surface area contributed by atoms with Gasteiger partial charge in [0.25, 0.3) is 5.91 Å². The van der Waals surface area contributed by atoms with Crippen LogP contribution in [0, 0.1) is 0 Å². The number of benzene rings is 1. The quantitative estimate of drug-likeness (QED) is 0.884. The van der Waals surface area contributed by atoms with Gasteiger partial charge in [0.15, 0.2) is 5.76 Å². The Morgan fingerprint density at radius 2 is 1.90 bits per heavy atom. The van der Waals surface area contributed by atoms with Crippen LogP contribution in [0.3, 0.4) is 0 Å². The van der Waals surface area contributed by atoms with Crippen LogP contribution in [-0.4, -0.2) is 29.8 Å². The van der Waals surface area contributed by atoms with Crippen molar-refractivity contribution in [1.29, 1.82) is 0 Å². The van der Waals surface area contributed by atoms with E-state index in [1.807, 2.05) is 30.3 Å². The first-order valence-electron chi connectivity index (χ1n) is 6.78. The molecule has 0 saturated carbocycles. The third kappa shape index (κ3) is 4.49. The van der Waals surface area contributed by atoms with Gasteiger partial charge in [0.05, 0.1) is 6.26 Å². The molecule has 0 radical (unpaired) electrons. The standard InChI is InChI=1S/C16H18N2O3/c1-13(19)18(12-14-6-3-2-4-7-14)10-9-17-16(20)15-8-5-11-21-15/h2-8,11H,9-10,12H2,1H3,(H,17,20). The molecule has 1 heterocycles. The van der Waals surface area contributed by atoms with Crippen LogP contribution < -0.4 is 5.32 Å². The fraction of sp³-hybridized carbons (Fsp3) is 0.250. The van der Waals surface area contributed by atoms with Gasteiger partial charge in [-0.3, -0.25) is 9.59 Å². The molecule has 0 aliphatic carbocycles. The molecule has 0 spiro atoms.